The summed E-state index contributed by atoms with van der Waals surface area (Å²) in [5.41, 5.74) is 1.23. The van der Waals surface area contributed by atoms with Crippen LogP contribution in [0.15, 0.2) is 11.6 Å². The summed E-state index contributed by atoms with van der Waals surface area (Å²) in [4.78, 5) is 12.3. The van der Waals surface area contributed by atoms with E-state index < -0.39 is 0 Å². The average Bonchev–Trinajstić information content (AvgIpc) is 2.32. The molecule has 2 heteroatoms. The van der Waals surface area contributed by atoms with Crippen molar-refractivity contribution in [3.05, 3.63) is 11.6 Å². The summed E-state index contributed by atoms with van der Waals surface area (Å²) in [5, 5.41) is 10.3. The summed E-state index contributed by atoms with van der Waals surface area (Å²) in [6.07, 6.45) is 3.41. The van der Waals surface area contributed by atoms with Crippen molar-refractivity contribution in [3.63, 3.8) is 0 Å². The molecule has 2 nitrogen and oxygen atoms in total. The normalized spacial score (nSPS) is 51.4. The molecule has 0 radical (unpaired) electrons. The Hall–Kier alpha value is -0.630. The lowest BCUT2D eigenvalue weighted by Gasteiger charge is -2.65. The Morgan fingerprint density at radius 2 is 1.94 bits per heavy atom. The number of aliphatic hydroxyl groups is 1. The highest BCUT2D eigenvalue weighted by Gasteiger charge is 2.69. The van der Waals surface area contributed by atoms with Crippen LogP contribution in [0.25, 0.3) is 0 Å². The molecule has 0 aliphatic heterocycles. The predicted octanol–water partition coefficient (Wildman–Crippen LogP) is 2.56. The number of aliphatic hydroxyl groups excluding tert-OH is 1. The van der Waals surface area contributed by atoms with Crippen LogP contribution in [-0.4, -0.2) is 17.0 Å². The minimum absolute atomic E-state index is 0.120. The van der Waals surface area contributed by atoms with E-state index in [4.69, 9.17) is 0 Å². The Morgan fingerprint density at radius 1 is 1.29 bits per heavy atom. The van der Waals surface area contributed by atoms with Crippen molar-refractivity contribution in [1.82, 2.24) is 0 Å². The lowest BCUT2D eigenvalue weighted by atomic mass is 9.38. The van der Waals surface area contributed by atoms with Crippen LogP contribution in [-0.2, 0) is 4.79 Å². The molecule has 0 saturated heterocycles. The van der Waals surface area contributed by atoms with Crippen molar-refractivity contribution in [2.45, 2.75) is 46.6 Å². The van der Waals surface area contributed by atoms with Gasteiger partial charge in [-0.3, -0.25) is 4.79 Å². The lowest BCUT2D eigenvalue weighted by molar-refractivity contribution is -0.170. The van der Waals surface area contributed by atoms with Gasteiger partial charge < -0.3 is 5.11 Å². The maximum Gasteiger partial charge on any atom is 0.159 e. The molecule has 2 saturated carbocycles. The average molecular weight is 234 g/mol. The molecular formula is C15H22O2. The molecule has 0 aromatic heterocycles. The number of carbonyl (C=O) groups excluding carboxylic acids is 1. The van der Waals surface area contributed by atoms with Gasteiger partial charge in [-0.1, -0.05) is 26.3 Å². The summed E-state index contributed by atoms with van der Waals surface area (Å²) < 4.78 is 0. The van der Waals surface area contributed by atoms with Crippen LogP contribution in [0.2, 0.25) is 0 Å². The molecule has 1 N–H and O–H groups in total. The molecule has 4 aliphatic carbocycles. The molecule has 0 aromatic rings. The monoisotopic (exact) mass is 234 g/mol. The first-order chi connectivity index (χ1) is 7.80. The van der Waals surface area contributed by atoms with E-state index in [0.717, 1.165) is 12.8 Å². The predicted molar refractivity (Wildman–Crippen MR) is 66.4 cm³/mol. The van der Waals surface area contributed by atoms with Gasteiger partial charge in [-0.05, 0) is 48.5 Å². The number of hydrogen-bond acceptors (Lipinski definition) is 2. The number of carbonyl (C=O) groups is 1. The molecular weight excluding hydrogens is 212 g/mol. The maximum atomic E-state index is 12.3. The standard InChI is InChI=1S/C15H22O2/c1-8-7-9(16)12-13-11(8)15(12,4)6-5-10(17)14(13,2)3/h7,10-13,17H,5-6H2,1-4H3/t10-,11-,12+,13-,15+/m0/s1. The molecule has 4 rings (SSSR count). The van der Waals surface area contributed by atoms with Crippen molar-refractivity contribution >= 4 is 5.78 Å². The Kier molecular flexibility index (Phi) is 2.04. The fraction of sp³-hybridized carbons (Fsp3) is 0.800. The lowest BCUT2D eigenvalue weighted by Crippen LogP contribution is -2.64. The minimum atomic E-state index is -0.263. The van der Waals surface area contributed by atoms with Crippen LogP contribution in [0.4, 0.5) is 0 Å². The number of rotatable bonds is 0. The van der Waals surface area contributed by atoms with Gasteiger partial charge in [0.1, 0.15) is 0 Å². The van der Waals surface area contributed by atoms with Crippen molar-refractivity contribution < 1.29 is 9.90 Å². The van der Waals surface area contributed by atoms with Crippen molar-refractivity contribution in [2.75, 3.05) is 0 Å². The van der Waals surface area contributed by atoms with Crippen molar-refractivity contribution in [1.29, 1.82) is 0 Å². The van der Waals surface area contributed by atoms with E-state index in [-0.39, 0.29) is 22.9 Å². The fourth-order valence-electron chi connectivity index (χ4n) is 5.01. The maximum absolute atomic E-state index is 12.3. The third kappa shape index (κ3) is 1.13. The van der Waals surface area contributed by atoms with Crippen LogP contribution >= 0.6 is 0 Å². The summed E-state index contributed by atoms with van der Waals surface area (Å²) >= 11 is 0. The van der Waals surface area contributed by atoms with E-state index >= 15 is 0 Å². The molecule has 0 aromatic carbocycles. The third-order valence-corrected chi connectivity index (χ3v) is 5.98. The van der Waals surface area contributed by atoms with Crippen molar-refractivity contribution in [2.24, 2.45) is 28.6 Å². The summed E-state index contributed by atoms with van der Waals surface area (Å²) in [5.74, 6) is 1.32. The van der Waals surface area contributed by atoms with E-state index in [1.807, 2.05) is 6.08 Å². The number of ketones is 1. The SMILES string of the molecule is CC1=CC(=O)[C@@H]2[C@@H]3[C@H]1[C@@]2(C)CC[C@H](O)C3(C)C. The molecule has 0 amide bonds. The zero-order valence-electron chi connectivity index (χ0n) is 11.2. The third-order valence-electron chi connectivity index (χ3n) is 5.98. The fourth-order valence-corrected chi connectivity index (χ4v) is 5.01. The van der Waals surface area contributed by atoms with Crippen LogP contribution in [0.5, 0.6) is 0 Å². The number of hydrogen-bond donors (Lipinski definition) is 1. The van der Waals surface area contributed by atoms with Gasteiger partial charge in [0.25, 0.3) is 0 Å². The number of fused-ring (bicyclic) bond motifs is 1. The van der Waals surface area contributed by atoms with Crippen LogP contribution in [0, 0.1) is 28.6 Å². The first kappa shape index (κ1) is 11.5. The Labute approximate surface area is 103 Å². The second-order valence-electron chi connectivity index (χ2n) is 7.15. The van der Waals surface area contributed by atoms with Gasteiger partial charge in [-0.2, -0.15) is 0 Å². The van der Waals surface area contributed by atoms with Crippen LogP contribution in [0.3, 0.4) is 0 Å². The summed E-state index contributed by atoms with van der Waals surface area (Å²) in [6.45, 7) is 8.62. The molecule has 4 bridgehead atoms. The molecule has 94 valence electrons. The largest absolute Gasteiger partial charge is 0.393 e. The highest BCUT2D eigenvalue weighted by molar-refractivity contribution is 5.96. The van der Waals surface area contributed by atoms with Gasteiger partial charge in [0, 0.05) is 5.92 Å². The first-order valence-corrected chi connectivity index (χ1v) is 6.70. The van der Waals surface area contributed by atoms with Gasteiger partial charge in [-0.15, -0.1) is 0 Å². The van der Waals surface area contributed by atoms with E-state index in [2.05, 4.69) is 27.7 Å². The molecule has 5 atom stereocenters. The smallest absolute Gasteiger partial charge is 0.159 e. The Bertz CT molecular complexity index is 421. The minimum Gasteiger partial charge on any atom is -0.393 e. The number of allylic oxidation sites excluding steroid dienone is 2. The second-order valence-corrected chi connectivity index (χ2v) is 7.15. The highest BCUT2D eigenvalue weighted by Crippen LogP contribution is 2.71. The second kappa shape index (κ2) is 3.03. The topological polar surface area (TPSA) is 37.3 Å². The Morgan fingerprint density at radius 3 is 2.53 bits per heavy atom. The molecule has 0 spiro atoms. The van der Waals surface area contributed by atoms with E-state index in [1.165, 1.54) is 5.57 Å². The van der Waals surface area contributed by atoms with Gasteiger partial charge in [0.2, 0.25) is 0 Å². The van der Waals surface area contributed by atoms with Crippen LogP contribution < -0.4 is 0 Å². The zero-order valence-corrected chi connectivity index (χ0v) is 11.2. The molecule has 0 unspecified atom stereocenters. The van der Waals surface area contributed by atoms with Gasteiger partial charge in [0.05, 0.1) is 6.10 Å². The zero-order chi connectivity index (χ0) is 12.6. The van der Waals surface area contributed by atoms with E-state index in [1.54, 1.807) is 0 Å². The summed E-state index contributed by atoms with van der Waals surface area (Å²) in [7, 11) is 0. The van der Waals surface area contributed by atoms with Crippen LogP contribution in [0.1, 0.15) is 40.5 Å². The van der Waals surface area contributed by atoms with Gasteiger partial charge in [0.15, 0.2) is 5.78 Å². The summed E-state index contributed by atoms with van der Waals surface area (Å²) in [6, 6.07) is 0. The highest BCUT2D eigenvalue weighted by atomic mass is 16.3. The molecule has 4 aliphatic rings. The Balaban J connectivity index is 2.14. The van der Waals surface area contributed by atoms with E-state index in [0.29, 0.717) is 17.6 Å². The molecule has 0 heterocycles. The molecule has 17 heavy (non-hydrogen) atoms. The van der Waals surface area contributed by atoms with E-state index in [9.17, 15) is 9.90 Å². The van der Waals surface area contributed by atoms with Gasteiger partial charge >= 0.3 is 0 Å². The quantitative estimate of drug-likeness (QED) is 0.699. The molecule has 2 fully saturated rings. The first-order valence-electron chi connectivity index (χ1n) is 6.70. The van der Waals surface area contributed by atoms with Crippen molar-refractivity contribution in [3.8, 4) is 0 Å². The van der Waals surface area contributed by atoms with Gasteiger partial charge in [-0.25, -0.2) is 0 Å².